The summed E-state index contributed by atoms with van der Waals surface area (Å²) in [5, 5.41) is 10.1. The lowest BCUT2D eigenvalue weighted by molar-refractivity contribution is -0.144. The Morgan fingerprint density at radius 2 is 2.09 bits per heavy atom. The van der Waals surface area contributed by atoms with Gasteiger partial charge in [0.1, 0.15) is 5.66 Å². The van der Waals surface area contributed by atoms with E-state index in [1.165, 1.54) is 7.05 Å². The first-order chi connectivity index (χ1) is 4.92. The number of nitrogens with two attached hydrogens (primary N) is 2. The van der Waals surface area contributed by atoms with Gasteiger partial charge in [-0.1, -0.05) is 6.92 Å². The minimum atomic E-state index is -0.709. The van der Waals surface area contributed by atoms with E-state index in [4.69, 9.17) is 16.7 Å². The zero-order chi connectivity index (χ0) is 9.07. The molecule has 5 nitrogen and oxygen atoms in total. The van der Waals surface area contributed by atoms with Crippen LogP contribution in [0.25, 0.3) is 0 Å². The van der Waals surface area contributed by atoms with Crippen LogP contribution >= 0.6 is 0 Å². The van der Waals surface area contributed by atoms with E-state index in [0.717, 1.165) is 5.06 Å². The molecule has 0 bridgehead atoms. The minimum Gasteiger partial charge on any atom is -0.370 e. The molecule has 0 rings (SSSR count). The number of rotatable bonds is 3. The predicted molar refractivity (Wildman–Crippen MR) is 44.1 cm³/mol. The van der Waals surface area contributed by atoms with Gasteiger partial charge in [0, 0.05) is 7.05 Å². The standard InChI is InChI=1S/C6H16N4O/c1-4-6(2,10(3)11)9-5(7)8/h11H,4H2,1-3H3,(H4,7,8,9). The molecule has 0 aliphatic heterocycles. The van der Waals surface area contributed by atoms with E-state index in [-0.39, 0.29) is 5.96 Å². The van der Waals surface area contributed by atoms with E-state index < -0.39 is 5.66 Å². The minimum absolute atomic E-state index is 0.0183. The zero-order valence-corrected chi connectivity index (χ0v) is 7.20. The Labute approximate surface area is 66.6 Å². The lowest BCUT2D eigenvalue weighted by Crippen LogP contribution is -2.42. The van der Waals surface area contributed by atoms with Gasteiger partial charge in [0.05, 0.1) is 0 Å². The Bertz CT molecular complexity index is 153. The molecule has 0 amide bonds. The van der Waals surface area contributed by atoms with Crippen LogP contribution in [0.5, 0.6) is 0 Å². The summed E-state index contributed by atoms with van der Waals surface area (Å²) in [6.45, 7) is 3.63. The van der Waals surface area contributed by atoms with Gasteiger partial charge in [-0.15, -0.1) is 0 Å². The van der Waals surface area contributed by atoms with Crippen LogP contribution in [0.15, 0.2) is 4.99 Å². The molecule has 11 heavy (non-hydrogen) atoms. The number of nitrogens with zero attached hydrogens (tertiary/aromatic N) is 2. The summed E-state index contributed by atoms with van der Waals surface area (Å²) in [7, 11) is 1.51. The first-order valence-corrected chi connectivity index (χ1v) is 3.46. The Hall–Kier alpha value is -0.810. The average Bonchev–Trinajstić information content (AvgIpc) is 1.86. The fraction of sp³-hybridized carbons (Fsp3) is 0.833. The van der Waals surface area contributed by atoms with E-state index in [1.807, 2.05) is 6.92 Å². The van der Waals surface area contributed by atoms with Gasteiger partial charge in [-0.25, -0.2) is 4.99 Å². The van der Waals surface area contributed by atoms with Crippen LogP contribution in [-0.4, -0.2) is 28.9 Å². The fourth-order valence-corrected chi connectivity index (χ4v) is 0.658. The van der Waals surface area contributed by atoms with Crippen LogP contribution in [-0.2, 0) is 0 Å². The van der Waals surface area contributed by atoms with Crippen LogP contribution in [0.3, 0.4) is 0 Å². The third-order valence-electron chi connectivity index (χ3n) is 1.74. The second kappa shape index (κ2) is 3.54. The Balaban J connectivity index is 4.48. The average molecular weight is 160 g/mol. The third-order valence-corrected chi connectivity index (χ3v) is 1.74. The fourth-order valence-electron chi connectivity index (χ4n) is 0.658. The highest BCUT2D eigenvalue weighted by atomic mass is 16.5. The molecular formula is C6H16N4O. The predicted octanol–water partition coefficient (Wildman–Crippen LogP) is -0.293. The lowest BCUT2D eigenvalue weighted by atomic mass is 10.1. The van der Waals surface area contributed by atoms with Crippen molar-refractivity contribution in [3.63, 3.8) is 0 Å². The molecule has 0 aliphatic carbocycles. The molecule has 0 saturated carbocycles. The van der Waals surface area contributed by atoms with Gasteiger partial charge in [0.15, 0.2) is 5.96 Å². The van der Waals surface area contributed by atoms with Gasteiger partial charge >= 0.3 is 0 Å². The monoisotopic (exact) mass is 160 g/mol. The first kappa shape index (κ1) is 10.2. The van der Waals surface area contributed by atoms with Crippen LogP contribution in [0.2, 0.25) is 0 Å². The second-order valence-corrected chi connectivity index (χ2v) is 2.63. The molecule has 0 aromatic rings. The number of hydrogen-bond acceptors (Lipinski definition) is 3. The number of hydrogen-bond donors (Lipinski definition) is 3. The second-order valence-electron chi connectivity index (χ2n) is 2.63. The Morgan fingerprint density at radius 3 is 2.18 bits per heavy atom. The van der Waals surface area contributed by atoms with E-state index in [1.54, 1.807) is 6.92 Å². The first-order valence-electron chi connectivity index (χ1n) is 3.46. The van der Waals surface area contributed by atoms with Crippen molar-refractivity contribution in [1.29, 1.82) is 0 Å². The molecule has 5 heteroatoms. The zero-order valence-electron chi connectivity index (χ0n) is 7.20. The SMILES string of the molecule is CCC(C)(N=C(N)N)N(C)O. The van der Waals surface area contributed by atoms with Crippen LogP contribution in [0.4, 0.5) is 0 Å². The normalized spacial score (nSPS) is 16.1. The molecule has 0 radical (unpaired) electrons. The van der Waals surface area contributed by atoms with Crippen molar-refractivity contribution in [1.82, 2.24) is 5.06 Å². The Kier molecular flexibility index (Phi) is 3.28. The van der Waals surface area contributed by atoms with Crippen molar-refractivity contribution in [2.24, 2.45) is 16.5 Å². The molecule has 66 valence electrons. The highest BCUT2D eigenvalue weighted by Crippen LogP contribution is 2.16. The molecule has 1 unspecified atom stereocenters. The summed E-state index contributed by atoms with van der Waals surface area (Å²) in [6.07, 6.45) is 0.637. The number of guanidine groups is 1. The maximum absolute atomic E-state index is 9.14. The number of aliphatic imine (C=N–C) groups is 1. The van der Waals surface area contributed by atoms with E-state index in [2.05, 4.69) is 4.99 Å². The molecule has 5 N–H and O–H groups in total. The molecule has 0 heterocycles. The summed E-state index contributed by atoms with van der Waals surface area (Å²) in [5.74, 6) is -0.0183. The smallest absolute Gasteiger partial charge is 0.187 e. The summed E-state index contributed by atoms with van der Waals surface area (Å²) >= 11 is 0. The molecule has 0 spiro atoms. The van der Waals surface area contributed by atoms with Gasteiger partial charge in [0.25, 0.3) is 0 Å². The quantitative estimate of drug-likeness (QED) is 0.300. The lowest BCUT2D eigenvalue weighted by Gasteiger charge is -2.29. The maximum Gasteiger partial charge on any atom is 0.187 e. The Morgan fingerprint density at radius 1 is 1.64 bits per heavy atom. The number of hydroxylamine groups is 2. The van der Waals surface area contributed by atoms with Gasteiger partial charge in [0.2, 0.25) is 0 Å². The summed E-state index contributed by atoms with van der Waals surface area (Å²) < 4.78 is 0. The topological polar surface area (TPSA) is 87.9 Å². The molecular weight excluding hydrogens is 144 g/mol. The van der Waals surface area contributed by atoms with E-state index in [0.29, 0.717) is 6.42 Å². The van der Waals surface area contributed by atoms with E-state index in [9.17, 15) is 0 Å². The van der Waals surface area contributed by atoms with Gasteiger partial charge in [-0.3, -0.25) is 0 Å². The van der Waals surface area contributed by atoms with Gasteiger partial charge in [-0.2, -0.15) is 5.06 Å². The van der Waals surface area contributed by atoms with Crippen molar-refractivity contribution >= 4 is 5.96 Å². The van der Waals surface area contributed by atoms with Gasteiger partial charge in [-0.05, 0) is 13.3 Å². The van der Waals surface area contributed by atoms with Crippen molar-refractivity contribution in [3.05, 3.63) is 0 Å². The molecule has 0 aromatic heterocycles. The largest absolute Gasteiger partial charge is 0.370 e. The molecule has 0 aromatic carbocycles. The highest BCUT2D eigenvalue weighted by molar-refractivity contribution is 5.76. The highest BCUT2D eigenvalue weighted by Gasteiger charge is 2.25. The third kappa shape index (κ3) is 2.73. The van der Waals surface area contributed by atoms with Crippen LogP contribution < -0.4 is 11.5 Å². The molecule has 0 fully saturated rings. The van der Waals surface area contributed by atoms with Gasteiger partial charge < -0.3 is 16.7 Å². The van der Waals surface area contributed by atoms with Crippen molar-refractivity contribution in [2.45, 2.75) is 25.9 Å². The summed E-state index contributed by atoms with van der Waals surface area (Å²) in [6, 6.07) is 0. The molecule has 0 saturated heterocycles. The van der Waals surface area contributed by atoms with Crippen LogP contribution in [0.1, 0.15) is 20.3 Å². The summed E-state index contributed by atoms with van der Waals surface area (Å²) in [4.78, 5) is 3.88. The molecule has 0 aliphatic rings. The van der Waals surface area contributed by atoms with Crippen LogP contribution in [0, 0.1) is 0 Å². The van der Waals surface area contributed by atoms with Crippen molar-refractivity contribution in [3.8, 4) is 0 Å². The maximum atomic E-state index is 9.14. The van der Waals surface area contributed by atoms with E-state index >= 15 is 0 Å². The summed E-state index contributed by atoms with van der Waals surface area (Å²) in [5.41, 5.74) is 9.65. The van der Waals surface area contributed by atoms with Crippen molar-refractivity contribution in [2.75, 3.05) is 7.05 Å². The molecule has 1 atom stereocenters. The van der Waals surface area contributed by atoms with Crippen molar-refractivity contribution < 1.29 is 5.21 Å².